The highest BCUT2D eigenvalue weighted by molar-refractivity contribution is 8.04. The fraction of sp³-hybridized carbons (Fsp3) is 0.148. The van der Waals surface area contributed by atoms with Crippen LogP contribution in [0.5, 0.6) is 5.75 Å². The Bertz CT molecular complexity index is 1370. The summed E-state index contributed by atoms with van der Waals surface area (Å²) in [7, 11) is 1.49. The Kier molecular flexibility index (Phi) is 8.43. The topological polar surface area (TPSA) is 84.9 Å². The van der Waals surface area contributed by atoms with E-state index in [0.29, 0.717) is 50.7 Å². The van der Waals surface area contributed by atoms with Gasteiger partial charge in [0, 0.05) is 14.9 Å². The van der Waals surface area contributed by atoms with Gasteiger partial charge in [-0.05, 0) is 73.2 Å². The molecule has 1 N–H and O–H groups in total. The molecule has 10 heteroatoms. The molecule has 1 aliphatic heterocycles. The predicted molar refractivity (Wildman–Crippen MR) is 145 cm³/mol. The largest absolute Gasteiger partial charge is 0.495 e. The van der Waals surface area contributed by atoms with Crippen molar-refractivity contribution in [1.29, 1.82) is 0 Å². The van der Waals surface area contributed by atoms with E-state index in [1.807, 2.05) is 6.92 Å². The van der Waals surface area contributed by atoms with Gasteiger partial charge < -0.3 is 14.8 Å². The number of ether oxygens (including phenoxy) is 2. The maximum Gasteiger partial charge on any atom is 0.338 e. The first-order valence-electron chi connectivity index (χ1n) is 11.3. The molecule has 1 heterocycles. The van der Waals surface area contributed by atoms with Crippen LogP contribution >= 0.6 is 35.0 Å². The lowest BCUT2D eigenvalue weighted by molar-refractivity contribution is -0.120. The molecule has 0 aromatic heterocycles. The highest BCUT2D eigenvalue weighted by Gasteiger charge is 2.40. The van der Waals surface area contributed by atoms with Crippen LogP contribution in [0.3, 0.4) is 0 Å². The maximum atomic E-state index is 13.6. The van der Waals surface area contributed by atoms with Gasteiger partial charge in [-0.15, -0.1) is 0 Å². The molecule has 0 aliphatic carbocycles. The minimum atomic E-state index is -0.565. The van der Waals surface area contributed by atoms with Crippen LogP contribution in [0.15, 0.2) is 82.2 Å². The van der Waals surface area contributed by atoms with Gasteiger partial charge in [0.15, 0.2) is 0 Å². The Balaban J connectivity index is 1.70. The Labute approximate surface area is 228 Å². The number of methoxy groups -OCH3 is 1. The number of amides is 2. The zero-order valence-electron chi connectivity index (χ0n) is 19.9. The lowest BCUT2D eigenvalue weighted by Gasteiger charge is -2.16. The number of carbonyl (C=O) groups excluding carboxylic acids is 3. The van der Waals surface area contributed by atoms with Gasteiger partial charge in [-0.1, -0.05) is 41.9 Å². The molecule has 4 rings (SSSR count). The first-order chi connectivity index (χ1) is 17.8. The number of anilines is 2. The summed E-state index contributed by atoms with van der Waals surface area (Å²) < 4.78 is 10.5. The van der Waals surface area contributed by atoms with E-state index in [2.05, 4.69) is 5.32 Å². The first kappa shape index (κ1) is 26.6. The third-order valence-electron chi connectivity index (χ3n) is 5.29. The van der Waals surface area contributed by atoms with Gasteiger partial charge in [0.25, 0.3) is 11.8 Å². The van der Waals surface area contributed by atoms with Crippen molar-refractivity contribution in [2.75, 3.05) is 23.9 Å². The van der Waals surface area contributed by atoms with Crippen LogP contribution in [0.1, 0.15) is 23.7 Å². The van der Waals surface area contributed by atoms with Gasteiger partial charge in [0.1, 0.15) is 16.4 Å². The number of rotatable bonds is 9. The average molecular weight is 557 g/mol. The monoisotopic (exact) mass is 556 g/mol. The van der Waals surface area contributed by atoms with E-state index < -0.39 is 17.8 Å². The van der Waals surface area contributed by atoms with Gasteiger partial charge in [-0.3, -0.25) is 9.59 Å². The van der Waals surface area contributed by atoms with E-state index in [1.54, 1.807) is 42.5 Å². The second-order valence-corrected chi connectivity index (χ2v) is 9.81. The Morgan fingerprint density at radius 3 is 2.27 bits per heavy atom. The van der Waals surface area contributed by atoms with Gasteiger partial charge in [0.05, 0.1) is 30.7 Å². The first-order valence-corrected chi connectivity index (χ1v) is 12.8. The number of nitrogens with zero attached hydrogens (tertiary/aromatic N) is 1. The zero-order chi connectivity index (χ0) is 26.5. The molecule has 7 nitrogen and oxygen atoms in total. The smallest absolute Gasteiger partial charge is 0.338 e. The molecular weight excluding hydrogens is 535 g/mol. The van der Waals surface area contributed by atoms with E-state index in [0.717, 1.165) is 16.7 Å². The van der Waals surface area contributed by atoms with Crippen molar-refractivity contribution in [2.24, 2.45) is 0 Å². The highest BCUT2D eigenvalue weighted by Crippen LogP contribution is 2.39. The molecule has 2 amide bonds. The molecule has 0 saturated carbocycles. The summed E-state index contributed by atoms with van der Waals surface area (Å²) in [6, 6.07) is 17.9. The quantitative estimate of drug-likeness (QED) is 0.236. The minimum absolute atomic E-state index is 0.0666. The molecule has 3 aromatic rings. The molecular formula is C27H22Cl2N2O5S. The summed E-state index contributed by atoms with van der Waals surface area (Å²) in [6.07, 6.45) is 0.702. The molecule has 0 bridgehead atoms. The molecule has 1 aliphatic rings. The molecule has 37 heavy (non-hydrogen) atoms. The molecule has 0 spiro atoms. The predicted octanol–water partition coefficient (Wildman–Crippen LogP) is 6.56. The molecule has 3 aromatic carbocycles. The summed E-state index contributed by atoms with van der Waals surface area (Å²) in [5, 5.41) is 4.03. The van der Waals surface area contributed by atoms with E-state index in [4.69, 9.17) is 32.7 Å². The number of nitrogens with one attached hydrogen (secondary N) is 1. The summed E-state index contributed by atoms with van der Waals surface area (Å²) in [5.74, 6) is -1.11. The SMILES string of the molecule is CCCOC(=O)c1ccc(N2C(=O)C(Nc3cc(Cl)ccc3OC)=C(Sc3ccc(Cl)cc3)C2=O)cc1. The number of thioether (sulfide) groups is 1. The molecule has 0 radical (unpaired) electrons. The fourth-order valence-electron chi connectivity index (χ4n) is 3.51. The standard InChI is InChI=1S/C27H22Cl2N2O5S/c1-3-14-36-27(34)16-4-9-19(10-5-16)31-25(32)23(30-21-15-18(29)8-13-22(21)35-2)24(26(31)33)37-20-11-6-17(28)7-12-20/h4-13,15,30H,3,14H2,1-2H3. The maximum absolute atomic E-state index is 13.6. The normalized spacial score (nSPS) is 13.2. The summed E-state index contributed by atoms with van der Waals surface area (Å²) >= 11 is 13.3. The lowest BCUT2D eigenvalue weighted by Crippen LogP contribution is -2.32. The number of benzene rings is 3. The van der Waals surface area contributed by atoms with Crippen LogP contribution in [0.25, 0.3) is 0 Å². The van der Waals surface area contributed by atoms with E-state index in [-0.39, 0.29) is 10.6 Å². The van der Waals surface area contributed by atoms with Gasteiger partial charge in [-0.2, -0.15) is 0 Å². The van der Waals surface area contributed by atoms with E-state index >= 15 is 0 Å². The molecule has 0 unspecified atom stereocenters. The zero-order valence-corrected chi connectivity index (χ0v) is 22.2. The van der Waals surface area contributed by atoms with Crippen molar-refractivity contribution in [3.8, 4) is 5.75 Å². The van der Waals surface area contributed by atoms with Crippen LogP contribution in [-0.2, 0) is 14.3 Å². The number of imide groups is 1. The van der Waals surface area contributed by atoms with Crippen molar-refractivity contribution in [1.82, 2.24) is 0 Å². The number of hydrogen-bond acceptors (Lipinski definition) is 7. The van der Waals surface area contributed by atoms with Crippen LogP contribution in [0.4, 0.5) is 11.4 Å². The van der Waals surface area contributed by atoms with Crippen molar-refractivity contribution in [3.63, 3.8) is 0 Å². The second-order valence-electron chi connectivity index (χ2n) is 7.86. The number of hydrogen-bond donors (Lipinski definition) is 1. The average Bonchev–Trinajstić information content (AvgIpc) is 3.12. The van der Waals surface area contributed by atoms with Crippen LogP contribution in [-0.4, -0.2) is 31.5 Å². The van der Waals surface area contributed by atoms with Crippen LogP contribution < -0.4 is 15.0 Å². The van der Waals surface area contributed by atoms with Crippen molar-refractivity contribution in [3.05, 3.63) is 92.9 Å². The third-order valence-corrected chi connectivity index (χ3v) is 6.87. The Morgan fingerprint density at radius 2 is 1.62 bits per heavy atom. The number of halogens is 2. The second kappa shape index (κ2) is 11.7. The third kappa shape index (κ3) is 5.93. The molecule has 190 valence electrons. The van der Waals surface area contributed by atoms with Crippen molar-refractivity contribution in [2.45, 2.75) is 18.2 Å². The molecule has 0 fully saturated rings. The van der Waals surface area contributed by atoms with Crippen molar-refractivity contribution < 1.29 is 23.9 Å². The molecule has 0 atom stereocenters. The Hall–Kier alpha value is -3.46. The summed E-state index contributed by atoms with van der Waals surface area (Å²) in [5.41, 5.74) is 1.13. The van der Waals surface area contributed by atoms with Gasteiger partial charge >= 0.3 is 5.97 Å². The highest BCUT2D eigenvalue weighted by atomic mass is 35.5. The number of carbonyl (C=O) groups is 3. The summed E-state index contributed by atoms with van der Waals surface area (Å²) in [4.78, 5) is 41.3. The van der Waals surface area contributed by atoms with E-state index in [9.17, 15) is 14.4 Å². The summed E-state index contributed by atoms with van der Waals surface area (Å²) in [6.45, 7) is 2.21. The molecule has 0 saturated heterocycles. The van der Waals surface area contributed by atoms with Gasteiger partial charge in [0.2, 0.25) is 0 Å². The minimum Gasteiger partial charge on any atom is -0.495 e. The van der Waals surface area contributed by atoms with E-state index in [1.165, 1.54) is 31.4 Å². The lowest BCUT2D eigenvalue weighted by atomic mass is 10.2. The van der Waals surface area contributed by atoms with Crippen molar-refractivity contribution >= 4 is 64.1 Å². The Morgan fingerprint density at radius 1 is 0.946 bits per heavy atom. The fourth-order valence-corrected chi connectivity index (χ4v) is 4.73. The van der Waals surface area contributed by atoms with Gasteiger partial charge in [-0.25, -0.2) is 9.69 Å². The van der Waals surface area contributed by atoms with Crippen LogP contribution in [0.2, 0.25) is 10.0 Å². The number of esters is 1. The van der Waals surface area contributed by atoms with Crippen LogP contribution in [0, 0.1) is 0 Å².